The summed E-state index contributed by atoms with van der Waals surface area (Å²) in [6, 6.07) is 14.5. The smallest absolute Gasteiger partial charge is 0.255 e. The molecule has 0 aliphatic rings. The lowest BCUT2D eigenvalue weighted by molar-refractivity contribution is -0.118. The maximum Gasteiger partial charge on any atom is 0.255 e. The zero-order valence-electron chi connectivity index (χ0n) is 15.9. The van der Waals surface area contributed by atoms with E-state index in [0.717, 1.165) is 20.6 Å². The van der Waals surface area contributed by atoms with Gasteiger partial charge in [-0.3, -0.25) is 9.59 Å². The highest BCUT2D eigenvalue weighted by molar-refractivity contribution is 8.01. The topological polar surface area (TPSA) is 71.1 Å². The third-order valence-electron chi connectivity index (χ3n) is 3.85. The Labute approximate surface area is 172 Å². The molecule has 0 aliphatic carbocycles. The maximum atomic E-state index is 12.4. The molecule has 2 aromatic carbocycles. The Morgan fingerprint density at radius 2 is 1.57 bits per heavy atom. The minimum absolute atomic E-state index is 0.0527. The number of benzene rings is 2. The first-order valence-electron chi connectivity index (χ1n) is 8.83. The zero-order chi connectivity index (χ0) is 20.1. The van der Waals surface area contributed by atoms with Gasteiger partial charge in [-0.05, 0) is 55.5 Å². The number of hydrogen-bond acceptors (Lipinski definition) is 5. The van der Waals surface area contributed by atoms with Gasteiger partial charge in [-0.25, -0.2) is 4.98 Å². The standard InChI is InChI=1S/C21H21N3O2S2/c1-13(2)19(25)23-16-6-4-15(5-7-16)20(26)24-17-8-10-18(11-9-17)28-21-22-14(3)12-27-21/h4-13H,1-3H3,(H,23,25)(H,24,26). The summed E-state index contributed by atoms with van der Waals surface area (Å²) in [4.78, 5) is 29.6. The van der Waals surface area contributed by atoms with Gasteiger partial charge in [0.05, 0.1) is 0 Å². The Hall–Kier alpha value is -2.64. The van der Waals surface area contributed by atoms with Gasteiger partial charge in [-0.15, -0.1) is 11.3 Å². The molecule has 0 aliphatic heterocycles. The summed E-state index contributed by atoms with van der Waals surface area (Å²) < 4.78 is 0.999. The largest absolute Gasteiger partial charge is 0.326 e. The monoisotopic (exact) mass is 411 g/mol. The number of nitrogens with one attached hydrogen (secondary N) is 2. The fourth-order valence-electron chi connectivity index (χ4n) is 2.28. The van der Waals surface area contributed by atoms with Crippen LogP contribution in [0.15, 0.2) is 63.1 Å². The summed E-state index contributed by atoms with van der Waals surface area (Å²) in [6.07, 6.45) is 0. The van der Waals surface area contributed by atoms with Crippen molar-refractivity contribution in [2.45, 2.75) is 30.0 Å². The van der Waals surface area contributed by atoms with E-state index in [1.807, 2.05) is 50.4 Å². The number of rotatable bonds is 6. The van der Waals surface area contributed by atoms with Crippen molar-refractivity contribution in [1.29, 1.82) is 0 Å². The molecule has 0 saturated heterocycles. The molecule has 0 bridgehead atoms. The lowest BCUT2D eigenvalue weighted by Crippen LogP contribution is -2.18. The van der Waals surface area contributed by atoms with Gasteiger partial charge < -0.3 is 10.6 Å². The van der Waals surface area contributed by atoms with Gasteiger partial charge in [-0.1, -0.05) is 25.6 Å². The van der Waals surface area contributed by atoms with E-state index in [1.165, 1.54) is 0 Å². The lowest BCUT2D eigenvalue weighted by Gasteiger charge is -2.09. The molecule has 1 aromatic heterocycles. The molecule has 0 spiro atoms. The van der Waals surface area contributed by atoms with E-state index < -0.39 is 0 Å². The minimum atomic E-state index is -0.197. The van der Waals surface area contributed by atoms with Crippen molar-refractivity contribution in [3.63, 3.8) is 0 Å². The van der Waals surface area contributed by atoms with Crippen molar-refractivity contribution in [2.24, 2.45) is 5.92 Å². The molecule has 0 fully saturated rings. The third-order valence-corrected chi connectivity index (χ3v) is 5.92. The van der Waals surface area contributed by atoms with Gasteiger partial charge in [0.2, 0.25) is 5.91 Å². The van der Waals surface area contributed by atoms with Gasteiger partial charge in [0.15, 0.2) is 4.34 Å². The number of aryl methyl sites for hydroxylation is 1. The van der Waals surface area contributed by atoms with Gasteiger partial charge in [-0.2, -0.15) is 0 Å². The van der Waals surface area contributed by atoms with E-state index in [9.17, 15) is 9.59 Å². The zero-order valence-corrected chi connectivity index (χ0v) is 17.5. The quantitative estimate of drug-likeness (QED) is 0.566. The number of thiazole rings is 1. The molecule has 2 amide bonds. The van der Waals surface area contributed by atoms with Crippen molar-refractivity contribution in [1.82, 2.24) is 4.98 Å². The molecule has 0 atom stereocenters. The molecule has 1 heterocycles. The maximum absolute atomic E-state index is 12.4. The first kappa shape index (κ1) is 20.1. The Morgan fingerprint density at radius 3 is 2.14 bits per heavy atom. The van der Waals surface area contributed by atoms with E-state index in [2.05, 4.69) is 15.6 Å². The average Bonchev–Trinajstić information content (AvgIpc) is 3.08. The Morgan fingerprint density at radius 1 is 0.964 bits per heavy atom. The van der Waals surface area contributed by atoms with Crippen molar-refractivity contribution in [3.05, 3.63) is 65.2 Å². The molecule has 5 nitrogen and oxygen atoms in total. The summed E-state index contributed by atoms with van der Waals surface area (Å²) in [5.74, 6) is -0.343. The van der Waals surface area contributed by atoms with Gasteiger partial charge in [0, 0.05) is 38.8 Å². The summed E-state index contributed by atoms with van der Waals surface area (Å²) in [7, 11) is 0. The number of carbonyl (C=O) groups is 2. The van der Waals surface area contributed by atoms with Gasteiger partial charge in [0.25, 0.3) is 5.91 Å². The van der Waals surface area contributed by atoms with Crippen LogP contribution in [0.2, 0.25) is 0 Å². The highest BCUT2D eigenvalue weighted by atomic mass is 32.2. The van der Waals surface area contributed by atoms with E-state index >= 15 is 0 Å². The van der Waals surface area contributed by atoms with Crippen LogP contribution in [-0.4, -0.2) is 16.8 Å². The van der Waals surface area contributed by atoms with Crippen LogP contribution in [0, 0.1) is 12.8 Å². The van der Waals surface area contributed by atoms with E-state index in [4.69, 9.17) is 0 Å². The molecule has 0 saturated carbocycles. The summed E-state index contributed by atoms with van der Waals surface area (Å²) >= 11 is 3.22. The van der Waals surface area contributed by atoms with Crippen LogP contribution in [0.1, 0.15) is 29.9 Å². The Bertz CT molecular complexity index is 964. The molecular formula is C21H21N3O2S2. The van der Waals surface area contributed by atoms with Crippen LogP contribution in [-0.2, 0) is 4.79 Å². The second kappa shape index (κ2) is 9.03. The fourth-order valence-corrected chi connectivity index (χ4v) is 4.09. The van der Waals surface area contributed by atoms with Crippen LogP contribution in [0.4, 0.5) is 11.4 Å². The number of anilines is 2. The van der Waals surface area contributed by atoms with Crippen LogP contribution in [0.3, 0.4) is 0 Å². The number of amides is 2. The summed E-state index contributed by atoms with van der Waals surface area (Å²) in [6.45, 7) is 5.64. The number of carbonyl (C=O) groups excluding carboxylic acids is 2. The Balaban J connectivity index is 1.58. The van der Waals surface area contributed by atoms with Crippen molar-refractivity contribution in [3.8, 4) is 0 Å². The molecule has 28 heavy (non-hydrogen) atoms. The van der Waals surface area contributed by atoms with Crippen LogP contribution < -0.4 is 10.6 Å². The highest BCUT2D eigenvalue weighted by Crippen LogP contribution is 2.30. The van der Waals surface area contributed by atoms with E-state index in [0.29, 0.717) is 11.3 Å². The lowest BCUT2D eigenvalue weighted by atomic mass is 10.1. The third kappa shape index (κ3) is 5.43. The highest BCUT2D eigenvalue weighted by Gasteiger charge is 2.09. The summed E-state index contributed by atoms with van der Waals surface area (Å²) in [5, 5.41) is 7.72. The molecule has 3 rings (SSSR count). The molecule has 7 heteroatoms. The second-order valence-electron chi connectivity index (χ2n) is 6.56. The van der Waals surface area contributed by atoms with Gasteiger partial charge >= 0.3 is 0 Å². The van der Waals surface area contributed by atoms with Crippen molar-refractivity contribution in [2.75, 3.05) is 10.6 Å². The SMILES string of the molecule is Cc1csc(Sc2ccc(NC(=O)c3ccc(NC(=O)C(C)C)cc3)cc2)n1. The first-order valence-corrected chi connectivity index (χ1v) is 10.5. The van der Waals surface area contributed by atoms with Crippen LogP contribution in [0.25, 0.3) is 0 Å². The number of nitrogens with zero attached hydrogens (tertiary/aromatic N) is 1. The van der Waals surface area contributed by atoms with E-state index in [-0.39, 0.29) is 17.7 Å². The normalized spacial score (nSPS) is 10.7. The minimum Gasteiger partial charge on any atom is -0.326 e. The second-order valence-corrected chi connectivity index (χ2v) is 8.74. The van der Waals surface area contributed by atoms with E-state index in [1.54, 1.807) is 47.4 Å². The van der Waals surface area contributed by atoms with Crippen LogP contribution >= 0.6 is 23.1 Å². The molecule has 2 N–H and O–H groups in total. The van der Waals surface area contributed by atoms with Crippen LogP contribution in [0.5, 0.6) is 0 Å². The van der Waals surface area contributed by atoms with Crippen molar-refractivity contribution >= 4 is 46.3 Å². The molecular weight excluding hydrogens is 390 g/mol. The molecule has 3 aromatic rings. The predicted molar refractivity (Wildman–Crippen MR) is 115 cm³/mol. The number of aromatic nitrogens is 1. The Kier molecular flexibility index (Phi) is 6.49. The fraction of sp³-hybridized carbons (Fsp3) is 0.190. The average molecular weight is 412 g/mol. The van der Waals surface area contributed by atoms with Crippen molar-refractivity contribution < 1.29 is 9.59 Å². The first-order chi connectivity index (χ1) is 13.4. The van der Waals surface area contributed by atoms with Gasteiger partial charge in [0.1, 0.15) is 0 Å². The molecule has 144 valence electrons. The molecule has 0 radical (unpaired) electrons. The predicted octanol–water partition coefficient (Wildman–Crippen LogP) is 5.45. The number of hydrogen-bond donors (Lipinski definition) is 2. The molecule has 0 unspecified atom stereocenters. The summed E-state index contributed by atoms with van der Waals surface area (Å²) in [5.41, 5.74) is 2.95.